The number of thioether (sulfide) groups is 1. The first-order valence-corrected chi connectivity index (χ1v) is 14.0. The van der Waals surface area contributed by atoms with E-state index in [0.29, 0.717) is 6.61 Å². The molecular weight excluding hydrogens is 380 g/mol. The lowest BCUT2D eigenvalue weighted by Crippen LogP contribution is -2.59. The zero-order valence-corrected chi connectivity index (χ0v) is 19.3. The largest absolute Gasteiger partial charge is 0.463 e. The Morgan fingerprint density at radius 2 is 1.72 bits per heavy atom. The summed E-state index contributed by atoms with van der Waals surface area (Å²) >= 11 is 1.93. The normalized spacial score (nSPS) is 30.7. The van der Waals surface area contributed by atoms with E-state index in [4.69, 9.17) is 18.7 Å². The van der Waals surface area contributed by atoms with Crippen LogP contribution >= 0.6 is 11.8 Å². The zero-order chi connectivity index (χ0) is 18.9. The molecule has 5 atom stereocenters. The summed E-state index contributed by atoms with van der Waals surface area (Å²) in [5.74, 6) is 2.21. The molecule has 2 unspecified atom stereocenters. The zero-order valence-electron chi connectivity index (χ0n) is 15.5. The Hall–Kier alpha value is 0.504. The lowest BCUT2D eigenvalue weighted by Gasteiger charge is -2.39. The van der Waals surface area contributed by atoms with E-state index in [1.54, 1.807) is 0 Å². The molecule has 0 aliphatic carbocycles. The van der Waals surface area contributed by atoms with Crippen LogP contribution in [0.15, 0.2) is 0 Å². The molecule has 25 heavy (non-hydrogen) atoms. The van der Waals surface area contributed by atoms with E-state index in [2.05, 4.69) is 13.1 Å². The van der Waals surface area contributed by atoms with E-state index in [1.807, 2.05) is 11.8 Å². The van der Waals surface area contributed by atoms with E-state index in [-0.39, 0.29) is 0 Å². The molecule has 0 aromatic rings. The molecule has 10 heteroatoms. The fraction of sp³-hybridized carbons (Fsp3) is 1.00. The van der Waals surface area contributed by atoms with Gasteiger partial charge >= 0.3 is 0 Å². The van der Waals surface area contributed by atoms with Crippen molar-refractivity contribution in [2.75, 3.05) is 24.7 Å². The maximum atomic E-state index is 9.86. The van der Waals surface area contributed by atoms with Crippen molar-refractivity contribution in [1.82, 2.24) is 0 Å². The second-order valence-electron chi connectivity index (χ2n) is 6.95. The van der Waals surface area contributed by atoms with Gasteiger partial charge in [0.2, 0.25) is 0 Å². The molecule has 0 aromatic carbocycles. The number of hydrogen-bond donors (Lipinski definition) is 4. The molecule has 1 aliphatic heterocycles. The Morgan fingerprint density at radius 1 is 1.04 bits per heavy atom. The first-order chi connectivity index (χ1) is 11.8. The van der Waals surface area contributed by atoms with Crippen molar-refractivity contribution < 1.29 is 34.0 Å². The average molecular weight is 415 g/mol. The monoisotopic (exact) mass is 414 g/mol. The van der Waals surface area contributed by atoms with Crippen LogP contribution in [-0.2, 0) is 13.6 Å². The first kappa shape index (κ1) is 23.5. The van der Waals surface area contributed by atoms with E-state index >= 15 is 0 Å². The van der Waals surface area contributed by atoms with Gasteiger partial charge in [-0.05, 0) is 49.9 Å². The lowest BCUT2D eigenvalue weighted by atomic mass is 9.99. The van der Waals surface area contributed by atoms with Crippen LogP contribution in [0.3, 0.4) is 0 Å². The minimum Gasteiger partial charge on any atom is -0.463 e. The number of aliphatic hydroxyl groups is 4. The smallest absolute Gasteiger partial charge is 0.186 e. The van der Waals surface area contributed by atoms with Gasteiger partial charge in [-0.25, -0.2) is 0 Å². The molecule has 0 spiro atoms. The summed E-state index contributed by atoms with van der Waals surface area (Å²) < 4.78 is 16.4. The molecule has 150 valence electrons. The van der Waals surface area contributed by atoms with Gasteiger partial charge in [-0.3, -0.25) is 0 Å². The van der Waals surface area contributed by atoms with Crippen molar-refractivity contribution in [2.45, 2.75) is 69.1 Å². The van der Waals surface area contributed by atoms with Crippen molar-refractivity contribution in [3.05, 3.63) is 0 Å². The number of ether oxygens (including phenoxy) is 2. The molecule has 1 aliphatic rings. The number of unbranched alkanes of at least 4 members (excludes halogenated alkanes) is 1. The van der Waals surface area contributed by atoms with Gasteiger partial charge in [-0.15, -0.1) is 0 Å². The molecular formula is C15H34O7SSi2. The summed E-state index contributed by atoms with van der Waals surface area (Å²) in [7, 11) is -0.534. The Labute approximate surface area is 158 Å². The minimum atomic E-state index is -1.38. The molecule has 1 saturated heterocycles. The van der Waals surface area contributed by atoms with Crippen molar-refractivity contribution >= 4 is 30.6 Å². The van der Waals surface area contributed by atoms with Crippen LogP contribution in [0, 0.1) is 0 Å². The van der Waals surface area contributed by atoms with Gasteiger partial charge in [0.15, 0.2) is 14.6 Å². The average Bonchev–Trinajstić information content (AvgIpc) is 2.60. The molecule has 7 nitrogen and oxygen atoms in total. The van der Waals surface area contributed by atoms with Crippen molar-refractivity contribution in [2.24, 2.45) is 0 Å². The van der Waals surface area contributed by atoms with E-state index < -0.39 is 45.6 Å². The Kier molecular flexibility index (Phi) is 11.4. The third kappa shape index (κ3) is 8.37. The predicted molar refractivity (Wildman–Crippen MR) is 104 cm³/mol. The van der Waals surface area contributed by atoms with Crippen molar-refractivity contribution in [1.29, 1.82) is 0 Å². The lowest BCUT2D eigenvalue weighted by molar-refractivity contribution is -0.301. The summed E-state index contributed by atoms with van der Waals surface area (Å²) in [4.78, 5) is 0. The molecule has 0 bridgehead atoms. The molecule has 0 radical (unpaired) electrons. The highest BCUT2D eigenvalue weighted by Crippen LogP contribution is 2.22. The van der Waals surface area contributed by atoms with Gasteiger partial charge in [-0.1, -0.05) is 0 Å². The second-order valence-corrected chi connectivity index (χ2v) is 13.8. The Bertz CT molecular complexity index is 363. The van der Waals surface area contributed by atoms with E-state index in [1.165, 1.54) is 12.5 Å². The van der Waals surface area contributed by atoms with Crippen LogP contribution in [0.25, 0.3) is 0 Å². The number of aliphatic hydroxyl groups excluding tert-OH is 4. The first-order valence-electron chi connectivity index (χ1n) is 8.87. The predicted octanol–water partition coefficient (Wildman–Crippen LogP) is -0.791. The highest BCUT2D eigenvalue weighted by atomic mass is 32.2. The van der Waals surface area contributed by atoms with Gasteiger partial charge in [0.1, 0.15) is 34.9 Å². The highest BCUT2D eigenvalue weighted by molar-refractivity contribution is 7.99. The van der Waals surface area contributed by atoms with Gasteiger partial charge in [-0.2, -0.15) is 11.8 Å². The Morgan fingerprint density at radius 3 is 2.36 bits per heavy atom. The molecule has 0 saturated carbocycles. The SMILES string of the molecule is C[Si](C)(CCCSCCCCO[C@@H]1OC(CO)[C@@H](O)[C@H](O)C1O)O[SiH3]. The summed E-state index contributed by atoms with van der Waals surface area (Å²) in [6, 6.07) is 1.21. The van der Waals surface area contributed by atoms with Crippen LogP contribution in [-0.4, -0.2) is 94.7 Å². The molecule has 4 N–H and O–H groups in total. The molecule has 1 heterocycles. The molecule has 1 fully saturated rings. The maximum Gasteiger partial charge on any atom is 0.186 e. The van der Waals surface area contributed by atoms with Crippen molar-refractivity contribution in [3.63, 3.8) is 0 Å². The molecule has 0 aromatic heterocycles. The Balaban J connectivity index is 2.07. The van der Waals surface area contributed by atoms with E-state index in [9.17, 15) is 15.3 Å². The summed E-state index contributed by atoms with van der Waals surface area (Å²) in [6.45, 7) is 4.49. The second kappa shape index (κ2) is 12.1. The standard InChI is InChI=1S/C15H34O7SSi2/c1-25(2,22-24)9-5-8-23-7-4-3-6-20-15-14(19)13(18)12(17)11(10-16)21-15/h11-19H,3-10H2,1-2,24H3/t11?,12-,13+,14?,15-/m1/s1. The number of rotatable bonds is 12. The van der Waals surface area contributed by atoms with Crippen LogP contribution in [0.4, 0.5) is 0 Å². The minimum absolute atomic E-state index is 0.400. The highest BCUT2D eigenvalue weighted by Gasteiger charge is 2.43. The van der Waals surface area contributed by atoms with Crippen LogP contribution in [0.1, 0.15) is 19.3 Å². The van der Waals surface area contributed by atoms with Crippen LogP contribution in [0.5, 0.6) is 0 Å². The third-order valence-corrected chi connectivity index (χ3v) is 11.6. The summed E-state index contributed by atoms with van der Waals surface area (Å²) in [5.41, 5.74) is 0. The van der Waals surface area contributed by atoms with E-state index in [0.717, 1.165) is 34.8 Å². The van der Waals surface area contributed by atoms with Crippen LogP contribution < -0.4 is 0 Å². The van der Waals surface area contributed by atoms with Crippen molar-refractivity contribution in [3.8, 4) is 0 Å². The third-order valence-electron chi connectivity index (χ3n) is 4.43. The van der Waals surface area contributed by atoms with Crippen LogP contribution in [0.2, 0.25) is 19.1 Å². The van der Waals surface area contributed by atoms with Gasteiger partial charge in [0.05, 0.1) is 6.61 Å². The summed E-state index contributed by atoms with van der Waals surface area (Å²) in [6.07, 6.45) is -2.95. The molecule has 1 rings (SSSR count). The summed E-state index contributed by atoms with van der Waals surface area (Å²) in [5, 5.41) is 38.4. The van der Waals surface area contributed by atoms with Gasteiger partial charge < -0.3 is 34.0 Å². The number of hydrogen-bond acceptors (Lipinski definition) is 8. The van der Waals surface area contributed by atoms with Gasteiger partial charge in [0, 0.05) is 6.61 Å². The molecule has 0 amide bonds. The fourth-order valence-electron chi connectivity index (χ4n) is 2.51. The topological polar surface area (TPSA) is 109 Å². The quantitative estimate of drug-likeness (QED) is 0.243. The fourth-order valence-corrected chi connectivity index (χ4v) is 5.58. The maximum absolute atomic E-state index is 9.86. The van der Waals surface area contributed by atoms with Gasteiger partial charge in [0.25, 0.3) is 0 Å².